The molecule has 1 aromatic heterocycles. The van der Waals surface area contributed by atoms with Crippen molar-refractivity contribution in [2.24, 2.45) is 0 Å². The van der Waals surface area contributed by atoms with Gasteiger partial charge < -0.3 is 19.8 Å². The molecule has 4 aromatic rings. The number of rotatable bonds is 6. The third-order valence-electron chi connectivity index (χ3n) is 4.17. The lowest BCUT2D eigenvalue weighted by Gasteiger charge is -2.08. The second kappa shape index (κ2) is 9.28. The molecule has 3 aromatic carbocycles. The summed E-state index contributed by atoms with van der Waals surface area (Å²) >= 11 is 3.45. The average molecular weight is 464 g/mol. The molecule has 0 unspecified atom stereocenters. The fraction of sp³-hybridized carbons (Fsp3) is 0.0435. The van der Waals surface area contributed by atoms with Crippen LogP contribution in [0.2, 0.25) is 0 Å². The zero-order chi connectivity index (χ0) is 20.8. The number of para-hydroxylation sites is 1. The number of nitrogens with zero attached hydrogens (tertiary/aromatic N) is 1. The summed E-state index contributed by atoms with van der Waals surface area (Å²) in [6.45, 7) is 0.204. The van der Waals surface area contributed by atoms with Gasteiger partial charge in [-0.05, 0) is 48.5 Å². The van der Waals surface area contributed by atoms with Gasteiger partial charge in [0.2, 0.25) is 5.89 Å². The van der Waals surface area contributed by atoms with Crippen molar-refractivity contribution in [3.8, 4) is 17.1 Å². The topological polar surface area (TPSA) is 76.4 Å². The molecule has 0 radical (unpaired) electrons. The van der Waals surface area contributed by atoms with E-state index in [0.29, 0.717) is 23.1 Å². The van der Waals surface area contributed by atoms with Crippen LogP contribution in [-0.2, 0) is 6.61 Å². The van der Waals surface area contributed by atoms with Crippen LogP contribution in [0.3, 0.4) is 0 Å². The van der Waals surface area contributed by atoms with Gasteiger partial charge >= 0.3 is 6.03 Å². The Balaban J connectivity index is 1.30. The third kappa shape index (κ3) is 5.27. The monoisotopic (exact) mass is 463 g/mol. The van der Waals surface area contributed by atoms with E-state index in [1.807, 2.05) is 54.6 Å². The molecule has 0 atom stereocenters. The standard InChI is InChI=1S/C23H18BrN3O3/c24-17-6-4-5-16(13-17)21-14-25-22(30-21)15-29-20-11-9-19(10-12-20)27-23(28)26-18-7-2-1-3-8-18/h1-14H,15H2,(H2,26,27,28). The van der Waals surface area contributed by atoms with Gasteiger partial charge in [-0.25, -0.2) is 9.78 Å². The van der Waals surface area contributed by atoms with Gasteiger partial charge in [0, 0.05) is 21.4 Å². The maximum atomic E-state index is 12.0. The predicted octanol–water partition coefficient (Wildman–Crippen LogP) is 6.33. The Hall–Kier alpha value is -3.58. The molecule has 0 aliphatic rings. The van der Waals surface area contributed by atoms with Crippen LogP contribution in [0, 0.1) is 0 Å². The van der Waals surface area contributed by atoms with E-state index in [1.54, 1.807) is 30.5 Å². The van der Waals surface area contributed by atoms with Crippen molar-refractivity contribution >= 4 is 33.3 Å². The highest BCUT2D eigenvalue weighted by Gasteiger charge is 2.08. The Morgan fingerprint density at radius 1 is 0.933 bits per heavy atom. The fourth-order valence-corrected chi connectivity index (χ4v) is 3.15. The van der Waals surface area contributed by atoms with Crippen LogP contribution in [0.5, 0.6) is 5.75 Å². The van der Waals surface area contributed by atoms with Gasteiger partial charge in [0.05, 0.1) is 6.20 Å². The maximum absolute atomic E-state index is 12.0. The van der Waals surface area contributed by atoms with E-state index in [-0.39, 0.29) is 12.6 Å². The highest BCUT2D eigenvalue weighted by atomic mass is 79.9. The van der Waals surface area contributed by atoms with Crippen LogP contribution in [0.25, 0.3) is 11.3 Å². The number of carbonyl (C=O) groups excluding carboxylic acids is 1. The average Bonchev–Trinajstić information content (AvgIpc) is 3.23. The van der Waals surface area contributed by atoms with E-state index >= 15 is 0 Å². The number of urea groups is 1. The maximum Gasteiger partial charge on any atom is 0.323 e. The lowest BCUT2D eigenvalue weighted by Crippen LogP contribution is -2.19. The van der Waals surface area contributed by atoms with Gasteiger partial charge in [-0.2, -0.15) is 0 Å². The van der Waals surface area contributed by atoms with Crippen molar-refractivity contribution in [2.45, 2.75) is 6.61 Å². The second-order valence-electron chi connectivity index (χ2n) is 6.39. The Labute approximate surface area is 182 Å². The number of benzene rings is 3. The van der Waals surface area contributed by atoms with Crippen molar-refractivity contribution in [1.29, 1.82) is 0 Å². The van der Waals surface area contributed by atoms with Gasteiger partial charge in [-0.3, -0.25) is 0 Å². The summed E-state index contributed by atoms with van der Waals surface area (Å²) in [5.41, 5.74) is 2.32. The Morgan fingerprint density at radius 3 is 2.40 bits per heavy atom. The SMILES string of the molecule is O=C(Nc1ccccc1)Nc1ccc(OCc2ncc(-c3cccc(Br)c3)o2)cc1. The minimum Gasteiger partial charge on any atom is -0.484 e. The van der Waals surface area contributed by atoms with Crippen LogP contribution in [0.15, 0.2) is 93.9 Å². The van der Waals surface area contributed by atoms with E-state index in [1.165, 1.54) is 0 Å². The summed E-state index contributed by atoms with van der Waals surface area (Å²) in [4.78, 5) is 16.3. The minimum atomic E-state index is -0.310. The molecule has 1 heterocycles. The zero-order valence-corrected chi connectivity index (χ0v) is 17.4. The Kier molecular flexibility index (Phi) is 6.10. The fourth-order valence-electron chi connectivity index (χ4n) is 2.75. The van der Waals surface area contributed by atoms with Crippen molar-refractivity contribution in [2.75, 3.05) is 10.6 Å². The molecule has 0 saturated carbocycles. The summed E-state index contributed by atoms with van der Waals surface area (Å²) in [7, 11) is 0. The molecule has 0 bridgehead atoms. The van der Waals surface area contributed by atoms with Gasteiger partial charge in [0.15, 0.2) is 12.4 Å². The zero-order valence-electron chi connectivity index (χ0n) is 15.8. The summed E-state index contributed by atoms with van der Waals surface area (Å²) in [5.74, 6) is 1.81. The highest BCUT2D eigenvalue weighted by Crippen LogP contribution is 2.24. The number of aromatic nitrogens is 1. The van der Waals surface area contributed by atoms with Crippen LogP contribution >= 0.6 is 15.9 Å². The van der Waals surface area contributed by atoms with E-state index in [2.05, 4.69) is 31.5 Å². The molecule has 0 spiro atoms. The van der Waals surface area contributed by atoms with Crippen molar-refractivity contribution in [1.82, 2.24) is 4.98 Å². The van der Waals surface area contributed by atoms with E-state index in [0.717, 1.165) is 15.7 Å². The Morgan fingerprint density at radius 2 is 1.67 bits per heavy atom. The molecular formula is C23H18BrN3O3. The van der Waals surface area contributed by atoms with Crippen molar-refractivity contribution in [3.05, 3.63) is 95.4 Å². The first-order valence-corrected chi connectivity index (χ1v) is 10.0. The van der Waals surface area contributed by atoms with Crippen molar-refractivity contribution in [3.63, 3.8) is 0 Å². The van der Waals surface area contributed by atoms with Crippen LogP contribution in [-0.4, -0.2) is 11.0 Å². The second-order valence-corrected chi connectivity index (χ2v) is 7.30. The van der Waals surface area contributed by atoms with E-state index in [9.17, 15) is 4.79 Å². The normalized spacial score (nSPS) is 10.4. The quantitative estimate of drug-likeness (QED) is 0.350. The van der Waals surface area contributed by atoms with Crippen LogP contribution in [0.4, 0.5) is 16.2 Å². The van der Waals surface area contributed by atoms with E-state index < -0.39 is 0 Å². The molecule has 0 fully saturated rings. The highest BCUT2D eigenvalue weighted by molar-refractivity contribution is 9.10. The van der Waals surface area contributed by atoms with Crippen LogP contribution < -0.4 is 15.4 Å². The molecule has 0 aliphatic carbocycles. The molecule has 6 nitrogen and oxygen atoms in total. The van der Waals surface area contributed by atoms with Gasteiger partial charge in [-0.15, -0.1) is 0 Å². The lowest BCUT2D eigenvalue weighted by atomic mass is 10.2. The molecule has 7 heteroatoms. The number of carbonyl (C=O) groups is 1. The number of oxazole rings is 1. The number of anilines is 2. The van der Waals surface area contributed by atoms with Crippen LogP contribution in [0.1, 0.15) is 5.89 Å². The Bertz CT molecular complexity index is 1130. The summed E-state index contributed by atoms with van der Waals surface area (Å²) in [6, 6.07) is 23.8. The third-order valence-corrected chi connectivity index (χ3v) is 4.66. The number of ether oxygens (including phenoxy) is 1. The first-order valence-electron chi connectivity index (χ1n) is 9.22. The smallest absolute Gasteiger partial charge is 0.323 e. The largest absolute Gasteiger partial charge is 0.484 e. The first-order chi connectivity index (χ1) is 14.7. The number of nitrogens with one attached hydrogen (secondary N) is 2. The minimum absolute atomic E-state index is 0.204. The summed E-state index contributed by atoms with van der Waals surface area (Å²) in [6.07, 6.45) is 1.68. The number of halogens is 1. The number of amides is 2. The summed E-state index contributed by atoms with van der Waals surface area (Å²) < 4.78 is 12.5. The van der Waals surface area contributed by atoms with Gasteiger partial charge in [0.25, 0.3) is 0 Å². The molecule has 0 saturated heterocycles. The summed E-state index contributed by atoms with van der Waals surface area (Å²) in [5, 5.41) is 5.54. The van der Waals surface area contributed by atoms with Gasteiger partial charge in [0.1, 0.15) is 5.75 Å². The predicted molar refractivity (Wildman–Crippen MR) is 119 cm³/mol. The van der Waals surface area contributed by atoms with E-state index in [4.69, 9.17) is 9.15 Å². The number of hydrogen-bond acceptors (Lipinski definition) is 4. The molecule has 150 valence electrons. The molecule has 2 amide bonds. The molecule has 2 N–H and O–H groups in total. The molecule has 4 rings (SSSR count). The van der Waals surface area contributed by atoms with Crippen molar-refractivity contribution < 1.29 is 13.9 Å². The lowest BCUT2D eigenvalue weighted by molar-refractivity contribution is 0.262. The molecular weight excluding hydrogens is 446 g/mol. The molecule has 0 aliphatic heterocycles. The van der Waals surface area contributed by atoms with Gasteiger partial charge in [-0.1, -0.05) is 46.3 Å². The number of hydrogen-bond donors (Lipinski definition) is 2. The molecule has 30 heavy (non-hydrogen) atoms. The first kappa shape index (κ1) is 19.7.